The first kappa shape index (κ1) is 16.4. The summed E-state index contributed by atoms with van der Waals surface area (Å²) in [4.78, 5) is 2.47. The Bertz CT molecular complexity index is 335. The molecular weight excluding hydrogens is 238 g/mol. The topological polar surface area (TPSA) is 48.3 Å². The van der Waals surface area contributed by atoms with Crippen LogP contribution in [-0.2, 0) is 4.74 Å². The van der Waals surface area contributed by atoms with Gasteiger partial charge in [-0.1, -0.05) is 0 Å². The SMILES string of the molecule is CC(C)NC(C)(C#N)CC(C)N1CCOCC1(C)C. The first-order valence-corrected chi connectivity index (χ1v) is 7.24. The van der Waals surface area contributed by atoms with Crippen LogP contribution in [0.3, 0.4) is 0 Å². The first-order valence-electron chi connectivity index (χ1n) is 7.24. The van der Waals surface area contributed by atoms with Crippen LogP contribution in [-0.4, -0.2) is 47.8 Å². The molecule has 0 amide bonds. The highest BCUT2D eigenvalue weighted by Crippen LogP contribution is 2.26. The van der Waals surface area contributed by atoms with E-state index < -0.39 is 5.54 Å². The van der Waals surface area contributed by atoms with Crippen molar-refractivity contribution in [3.8, 4) is 6.07 Å². The highest BCUT2D eigenvalue weighted by molar-refractivity contribution is 5.07. The zero-order chi connectivity index (χ0) is 14.7. The van der Waals surface area contributed by atoms with E-state index in [1.54, 1.807) is 0 Å². The highest BCUT2D eigenvalue weighted by Gasteiger charge is 2.37. The van der Waals surface area contributed by atoms with Gasteiger partial charge in [-0.25, -0.2) is 0 Å². The van der Waals surface area contributed by atoms with Gasteiger partial charge in [-0.3, -0.25) is 10.2 Å². The van der Waals surface area contributed by atoms with Gasteiger partial charge < -0.3 is 4.74 Å². The Morgan fingerprint density at radius 3 is 2.53 bits per heavy atom. The molecule has 110 valence electrons. The molecule has 4 nitrogen and oxygen atoms in total. The van der Waals surface area contributed by atoms with Gasteiger partial charge in [0.15, 0.2) is 0 Å². The van der Waals surface area contributed by atoms with E-state index in [0.717, 1.165) is 26.2 Å². The van der Waals surface area contributed by atoms with Crippen molar-refractivity contribution in [3.05, 3.63) is 0 Å². The van der Waals surface area contributed by atoms with Crippen molar-refractivity contribution >= 4 is 0 Å². The average Bonchev–Trinajstić information content (AvgIpc) is 2.26. The van der Waals surface area contributed by atoms with Crippen LogP contribution in [0.1, 0.15) is 48.0 Å². The van der Waals surface area contributed by atoms with Gasteiger partial charge in [-0.15, -0.1) is 0 Å². The molecule has 0 aromatic rings. The monoisotopic (exact) mass is 267 g/mol. The minimum Gasteiger partial charge on any atom is -0.378 e. The summed E-state index contributed by atoms with van der Waals surface area (Å²) in [5.74, 6) is 0. The number of ether oxygens (including phenoxy) is 1. The van der Waals surface area contributed by atoms with Gasteiger partial charge in [-0.2, -0.15) is 5.26 Å². The first-order chi connectivity index (χ1) is 8.70. The molecule has 1 aliphatic heterocycles. The number of morpholine rings is 1. The van der Waals surface area contributed by atoms with Crippen molar-refractivity contribution in [2.24, 2.45) is 0 Å². The molecule has 1 heterocycles. The van der Waals surface area contributed by atoms with E-state index in [1.807, 2.05) is 6.92 Å². The molecule has 0 aliphatic carbocycles. The molecule has 1 fully saturated rings. The minimum absolute atomic E-state index is 0.0475. The molecule has 1 N–H and O–H groups in total. The predicted molar refractivity (Wildman–Crippen MR) is 78.0 cm³/mol. The molecule has 0 radical (unpaired) electrons. The largest absolute Gasteiger partial charge is 0.378 e. The van der Waals surface area contributed by atoms with Crippen LogP contribution >= 0.6 is 0 Å². The molecular formula is C15H29N3O. The van der Waals surface area contributed by atoms with E-state index >= 15 is 0 Å². The molecule has 4 heteroatoms. The summed E-state index contributed by atoms with van der Waals surface area (Å²) in [6.07, 6.45) is 0.825. The Morgan fingerprint density at radius 2 is 2.05 bits per heavy atom. The van der Waals surface area contributed by atoms with Crippen molar-refractivity contribution in [1.29, 1.82) is 5.26 Å². The maximum absolute atomic E-state index is 9.46. The normalized spacial score (nSPS) is 24.7. The second-order valence-electron chi connectivity index (χ2n) is 6.85. The molecule has 0 saturated carbocycles. The van der Waals surface area contributed by atoms with E-state index in [0.29, 0.717) is 12.1 Å². The van der Waals surface area contributed by atoms with Crippen LogP contribution in [0.4, 0.5) is 0 Å². The maximum Gasteiger partial charge on any atom is 0.105 e. The van der Waals surface area contributed by atoms with Crippen LogP contribution < -0.4 is 5.32 Å². The number of rotatable bonds is 5. The number of hydrogen-bond donors (Lipinski definition) is 1. The average molecular weight is 267 g/mol. The van der Waals surface area contributed by atoms with Crippen LogP contribution in [0.15, 0.2) is 0 Å². The van der Waals surface area contributed by atoms with E-state index in [-0.39, 0.29) is 5.54 Å². The second-order valence-corrected chi connectivity index (χ2v) is 6.85. The zero-order valence-corrected chi connectivity index (χ0v) is 13.3. The molecule has 2 unspecified atom stereocenters. The highest BCUT2D eigenvalue weighted by atomic mass is 16.5. The molecule has 1 rings (SSSR count). The summed E-state index contributed by atoms with van der Waals surface area (Å²) in [6.45, 7) is 15.3. The summed E-state index contributed by atoms with van der Waals surface area (Å²) in [5, 5.41) is 12.8. The molecule has 0 aromatic heterocycles. The standard InChI is InChI=1S/C15H29N3O/c1-12(2)17-15(6,10-16)9-13(3)18-7-8-19-11-14(18,4)5/h12-13,17H,7-9,11H2,1-6H3. The zero-order valence-electron chi connectivity index (χ0n) is 13.3. The lowest BCUT2D eigenvalue weighted by molar-refractivity contribution is -0.0724. The number of nitrogens with zero attached hydrogens (tertiary/aromatic N) is 2. The predicted octanol–water partition coefficient (Wildman–Crippen LogP) is 2.16. The van der Waals surface area contributed by atoms with Crippen LogP contribution in [0.5, 0.6) is 0 Å². The van der Waals surface area contributed by atoms with Crippen LogP contribution in [0.25, 0.3) is 0 Å². The lowest BCUT2D eigenvalue weighted by atomic mass is 9.90. The Balaban J connectivity index is 2.72. The Morgan fingerprint density at radius 1 is 1.42 bits per heavy atom. The Kier molecular flexibility index (Phi) is 5.37. The van der Waals surface area contributed by atoms with Crippen LogP contribution in [0.2, 0.25) is 0 Å². The summed E-state index contributed by atoms with van der Waals surface area (Å²) in [7, 11) is 0. The van der Waals surface area contributed by atoms with Crippen molar-refractivity contribution in [1.82, 2.24) is 10.2 Å². The molecule has 1 saturated heterocycles. The summed E-state index contributed by atoms with van der Waals surface area (Å²) in [6, 6.07) is 3.11. The second kappa shape index (κ2) is 6.21. The van der Waals surface area contributed by atoms with Gasteiger partial charge in [0.25, 0.3) is 0 Å². The van der Waals surface area contributed by atoms with Gasteiger partial charge >= 0.3 is 0 Å². The van der Waals surface area contributed by atoms with Gasteiger partial charge in [0.2, 0.25) is 0 Å². The number of hydrogen-bond acceptors (Lipinski definition) is 4. The fourth-order valence-corrected chi connectivity index (χ4v) is 3.16. The third-order valence-corrected chi connectivity index (χ3v) is 3.80. The minimum atomic E-state index is -0.470. The number of nitriles is 1. The lowest BCUT2D eigenvalue weighted by Crippen LogP contribution is -2.59. The van der Waals surface area contributed by atoms with Gasteiger partial charge in [-0.05, 0) is 48.0 Å². The smallest absolute Gasteiger partial charge is 0.105 e. The molecule has 19 heavy (non-hydrogen) atoms. The van der Waals surface area contributed by atoms with E-state index in [1.165, 1.54) is 0 Å². The Labute approximate surface area is 118 Å². The van der Waals surface area contributed by atoms with Gasteiger partial charge in [0.05, 0.1) is 19.3 Å². The fraction of sp³-hybridized carbons (Fsp3) is 0.933. The van der Waals surface area contributed by atoms with Crippen molar-refractivity contribution in [3.63, 3.8) is 0 Å². The molecule has 0 spiro atoms. The van der Waals surface area contributed by atoms with Gasteiger partial charge in [0, 0.05) is 24.2 Å². The quantitative estimate of drug-likeness (QED) is 0.829. The van der Waals surface area contributed by atoms with Gasteiger partial charge in [0.1, 0.15) is 5.54 Å². The third kappa shape index (κ3) is 4.45. The molecule has 1 aliphatic rings. The van der Waals surface area contributed by atoms with E-state index in [4.69, 9.17) is 4.74 Å². The van der Waals surface area contributed by atoms with Crippen LogP contribution in [0, 0.1) is 11.3 Å². The summed E-state index contributed by atoms with van der Waals surface area (Å²) in [5.41, 5.74) is -0.423. The van der Waals surface area contributed by atoms with Crippen molar-refractivity contribution < 1.29 is 4.74 Å². The third-order valence-electron chi connectivity index (χ3n) is 3.80. The van der Waals surface area contributed by atoms with Crippen molar-refractivity contribution in [2.45, 2.75) is 71.1 Å². The molecule has 0 bridgehead atoms. The summed E-state index contributed by atoms with van der Waals surface area (Å²) >= 11 is 0. The molecule has 0 aromatic carbocycles. The fourth-order valence-electron chi connectivity index (χ4n) is 3.16. The van der Waals surface area contributed by atoms with Crippen molar-refractivity contribution in [2.75, 3.05) is 19.8 Å². The summed E-state index contributed by atoms with van der Waals surface area (Å²) < 4.78 is 5.56. The maximum atomic E-state index is 9.46. The van der Waals surface area contributed by atoms with E-state index in [2.05, 4.69) is 50.9 Å². The lowest BCUT2D eigenvalue weighted by Gasteiger charge is -2.47. The molecule has 2 atom stereocenters. The van der Waals surface area contributed by atoms with E-state index in [9.17, 15) is 5.26 Å². The number of nitrogens with one attached hydrogen (secondary N) is 1. The Hall–Kier alpha value is -0.630.